The molecule has 78 valence electrons. The second kappa shape index (κ2) is 4.95. The van der Waals surface area contributed by atoms with Gasteiger partial charge in [-0.1, -0.05) is 25.1 Å². The van der Waals surface area contributed by atoms with Gasteiger partial charge in [-0.3, -0.25) is 14.9 Å². The molecule has 0 saturated carbocycles. The van der Waals surface area contributed by atoms with Crippen molar-refractivity contribution in [1.82, 2.24) is 5.32 Å². The molecule has 0 bridgehead atoms. The lowest BCUT2D eigenvalue weighted by Gasteiger charge is -2.04. The average molecular weight is 204 g/mol. The molecule has 0 aromatic heterocycles. The van der Waals surface area contributed by atoms with Gasteiger partial charge in [-0.15, -0.1) is 5.76 Å². The second-order valence-corrected chi connectivity index (χ2v) is 2.94. The van der Waals surface area contributed by atoms with Crippen molar-refractivity contribution in [2.75, 3.05) is 0 Å². The molecule has 0 radical (unpaired) electrons. The number of benzene rings is 1. The number of nitrogens with one attached hydrogen (secondary N) is 1. The highest BCUT2D eigenvalue weighted by atomic mass is 16.3. The number of imide groups is 1. The quantitative estimate of drug-likeness (QED) is 0.553. The zero-order valence-corrected chi connectivity index (χ0v) is 8.19. The van der Waals surface area contributed by atoms with E-state index in [-0.39, 0.29) is 0 Å². The summed E-state index contributed by atoms with van der Waals surface area (Å²) >= 11 is 0. The molecule has 1 aromatic rings. The fourth-order valence-corrected chi connectivity index (χ4v) is 0.994. The third kappa shape index (κ3) is 3.64. The Bertz CT molecular complexity index is 392. The number of amides is 2. The molecule has 0 aliphatic carbocycles. The van der Waals surface area contributed by atoms with Gasteiger partial charge >= 0.3 is 0 Å². The van der Waals surface area contributed by atoms with Gasteiger partial charge in [0.05, 0.1) is 0 Å². The van der Waals surface area contributed by atoms with Crippen molar-refractivity contribution < 1.29 is 14.7 Å². The first-order valence-corrected chi connectivity index (χ1v) is 4.35. The van der Waals surface area contributed by atoms with Gasteiger partial charge in [0, 0.05) is 5.56 Å². The molecular weight excluding hydrogens is 194 g/mol. The summed E-state index contributed by atoms with van der Waals surface area (Å²) in [6.07, 6.45) is 0.834. The molecule has 0 aliphatic heterocycles. The number of hydrogen-bond acceptors (Lipinski definition) is 3. The van der Waals surface area contributed by atoms with Gasteiger partial charge in [0.2, 0.25) is 5.91 Å². The number of carbonyl (C=O) groups excluding carboxylic acids is 2. The van der Waals surface area contributed by atoms with Crippen molar-refractivity contribution in [3.05, 3.63) is 47.7 Å². The molecule has 0 heterocycles. The van der Waals surface area contributed by atoms with Crippen LogP contribution in [-0.2, 0) is 4.79 Å². The first-order valence-electron chi connectivity index (χ1n) is 4.35. The standard InChI is InChI=1S/C11H11NO3/c1-8(13)7-10(14)12-11(15)9-5-3-2-4-6-9/h2-7,13H,1H3,(H,12,14,15)/p-1/b8-7-. The van der Waals surface area contributed by atoms with Gasteiger partial charge in [-0.25, -0.2) is 0 Å². The molecule has 0 unspecified atom stereocenters. The maximum absolute atomic E-state index is 11.4. The molecule has 2 amide bonds. The van der Waals surface area contributed by atoms with Crippen LogP contribution in [0.3, 0.4) is 0 Å². The Morgan fingerprint density at radius 2 is 1.87 bits per heavy atom. The van der Waals surface area contributed by atoms with Crippen LogP contribution in [0.4, 0.5) is 0 Å². The van der Waals surface area contributed by atoms with Crippen LogP contribution in [0.15, 0.2) is 42.2 Å². The lowest BCUT2D eigenvalue weighted by Crippen LogP contribution is -2.29. The molecule has 1 N–H and O–H groups in total. The minimum Gasteiger partial charge on any atom is -0.875 e. The van der Waals surface area contributed by atoms with E-state index in [9.17, 15) is 14.7 Å². The summed E-state index contributed by atoms with van der Waals surface area (Å²) in [7, 11) is 0. The van der Waals surface area contributed by atoms with E-state index in [1.165, 1.54) is 6.92 Å². The van der Waals surface area contributed by atoms with Gasteiger partial charge in [-0.2, -0.15) is 0 Å². The van der Waals surface area contributed by atoms with Crippen molar-refractivity contribution >= 4 is 11.8 Å². The van der Waals surface area contributed by atoms with E-state index in [1.807, 2.05) is 0 Å². The molecule has 15 heavy (non-hydrogen) atoms. The third-order valence-electron chi connectivity index (χ3n) is 1.61. The van der Waals surface area contributed by atoms with Gasteiger partial charge in [0.15, 0.2) is 0 Å². The normalized spacial score (nSPS) is 10.9. The van der Waals surface area contributed by atoms with Gasteiger partial charge in [0.25, 0.3) is 5.91 Å². The highest BCUT2D eigenvalue weighted by Gasteiger charge is 2.06. The van der Waals surface area contributed by atoms with E-state index < -0.39 is 17.6 Å². The number of hydrogen-bond donors (Lipinski definition) is 1. The fourth-order valence-electron chi connectivity index (χ4n) is 0.994. The lowest BCUT2D eigenvalue weighted by molar-refractivity contribution is -0.301. The Balaban J connectivity index is 2.65. The third-order valence-corrected chi connectivity index (χ3v) is 1.61. The van der Waals surface area contributed by atoms with Crippen LogP contribution in [-0.4, -0.2) is 11.8 Å². The molecule has 1 rings (SSSR count). The predicted molar refractivity (Wildman–Crippen MR) is 52.7 cm³/mol. The van der Waals surface area contributed by atoms with Crippen molar-refractivity contribution in [2.24, 2.45) is 0 Å². The molecule has 4 nitrogen and oxygen atoms in total. The Morgan fingerprint density at radius 1 is 1.27 bits per heavy atom. The summed E-state index contributed by atoms with van der Waals surface area (Å²) in [5.74, 6) is -1.61. The summed E-state index contributed by atoms with van der Waals surface area (Å²) in [6, 6.07) is 8.30. The SMILES string of the molecule is C/C([O-])=C/C(=O)NC(=O)c1ccccc1. The van der Waals surface area contributed by atoms with Crippen LogP contribution in [0.1, 0.15) is 17.3 Å². The molecular formula is C11H10NO3-. The maximum atomic E-state index is 11.4. The van der Waals surface area contributed by atoms with E-state index in [0.717, 1.165) is 6.08 Å². The monoisotopic (exact) mass is 204 g/mol. The highest BCUT2D eigenvalue weighted by molar-refractivity contribution is 6.07. The fraction of sp³-hybridized carbons (Fsp3) is 0.0909. The predicted octanol–water partition coefficient (Wildman–Crippen LogP) is 0.207. The summed E-state index contributed by atoms with van der Waals surface area (Å²) in [4.78, 5) is 22.4. The first kappa shape index (κ1) is 11.0. The summed E-state index contributed by atoms with van der Waals surface area (Å²) in [5.41, 5.74) is 0.378. The first-order chi connectivity index (χ1) is 7.09. The van der Waals surface area contributed by atoms with Gasteiger partial charge in [0.1, 0.15) is 0 Å². The number of rotatable bonds is 2. The Labute approximate surface area is 87.2 Å². The lowest BCUT2D eigenvalue weighted by atomic mass is 10.2. The Morgan fingerprint density at radius 3 is 2.40 bits per heavy atom. The van der Waals surface area contributed by atoms with Gasteiger partial charge < -0.3 is 5.11 Å². The van der Waals surface area contributed by atoms with Crippen molar-refractivity contribution in [2.45, 2.75) is 6.92 Å². The smallest absolute Gasteiger partial charge is 0.258 e. The molecule has 0 atom stereocenters. The zero-order chi connectivity index (χ0) is 11.3. The molecule has 0 fully saturated rings. The molecule has 1 aromatic carbocycles. The second-order valence-electron chi connectivity index (χ2n) is 2.94. The number of carbonyl (C=O) groups is 2. The van der Waals surface area contributed by atoms with Crippen LogP contribution in [0.5, 0.6) is 0 Å². The van der Waals surface area contributed by atoms with Crippen LogP contribution >= 0.6 is 0 Å². The van der Waals surface area contributed by atoms with Crippen LogP contribution in [0.2, 0.25) is 0 Å². The highest BCUT2D eigenvalue weighted by Crippen LogP contribution is 1.97. The summed E-state index contributed by atoms with van der Waals surface area (Å²) in [6.45, 7) is 1.24. The Kier molecular flexibility index (Phi) is 3.62. The van der Waals surface area contributed by atoms with Crippen molar-refractivity contribution in [3.8, 4) is 0 Å². The molecule has 4 heteroatoms. The largest absolute Gasteiger partial charge is 0.875 e. The summed E-state index contributed by atoms with van der Waals surface area (Å²) in [5, 5.41) is 12.6. The minimum absolute atomic E-state index is 0.378. The topological polar surface area (TPSA) is 69.2 Å². The average Bonchev–Trinajstić information content (AvgIpc) is 2.17. The van der Waals surface area contributed by atoms with E-state index in [0.29, 0.717) is 5.56 Å². The van der Waals surface area contributed by atoms with E-state index in [4.69, 9.17) is 0 Å². The van der Waals surface area contributed by atoms with Crippen molar-refractivity contribution in [1.29, 1.82) is 0 Å². The Hall–Kier alpha value is -2.10. The van der Waals surface area contributed by atoms with E-state index >= 15 is 0 Å². The van der Waals surface area contributed by atoms with Gasteiger partial charge in [-0.05, 0) is 18.2 Å². The van der Waals surface area contributed by atoms with Crippen LogP contribution < -0.4 is 10.4 Å². The molecule has 0 aliphatic rings. The summed E-state index contributed by atoms with van der Waals surface area (Å²) < 4.78 is 0. The minimum atomic E-state index is -0.698. The van der Waals surface area contributed by atoms with Crippen molar-refractivity contribution in [3.63, 3.8) is 0 Å². The molecule has 0 spiro atoms. The van der Waals surface area contributed by atoms with Crippen LogP contribution in [0.25, 0.3) is 0 Å². The van der Waals surface area contributed by atoms with Crippen LogP contribution in [0, 0.1) is 0 Å². The zero-order valence-electron chi connectivity index (χ0n) is 8.19. The van der Waals surface area contributed by atoms with E-state index in [1.54, 1.807) is 30.3 Å². The maximum Gasteiger partial charge on any atom is 0.258 e. The number of allylic oxidation sites excluding steroid dienone is 1. The van der Waals surface area contributed by atoms with E-state index in [2.05, 4.69) is 5.32 Å². The molecule has 0 saturated heterocycles.